The Morgan fingerprint density at radius 1 is 1.06 bits per heavy atom. The van der Waals surface area contributed by atoms with Crippen LogP contribution in [0.1, 0.15) is 19.4 Å². The van der Waals surface area contributed by atoms with Crippen LogP contribution in [0, 0.1) is 0 Å². The molecule has 1 heterocycles. The third kappa shape index (κ3) is 5.71. The van der Waals surface area contributed by atoms with Gasteiger partial charge in [0.1, 0.15) is 11.6 Å². The molecule has 178 valence electrons. The average molecular weight is 466 g/mol. The molecule has 0 saturated heterocycles. The number of rotatable bonds is 9. The number of ether oxygens (including phenoxy) is 2. The van der Waals surface area contributed by atoms with E-state index < -0.39 is 35.8 Å². The zero-order valence-electron chi connectivity index (χ0n) is 18.9. The quantitative estimate of drug-likeness (QED) is 0.456. The summed E-state index contributed by atoms with van der Waals surface area (Å²) in [5.41, 5.74) is 5.25. The fourth-order valence-electron chi connectivity index (χ4n) is 3.30. The number of anilines is 2. The number of nitrogens with zero attached hydrogens (tertiary/aromatic N) is 2. The number of nitrogen functional groups attached to an aromatic ring is 1. The van der Waals surface area contributed by atoms with Crippen molar-refractivity contribution in [3.05, 3.63) is 87.1 Å². The van der Waals surface area contributed by atoms with Crippen molar-refractivity contribution in [3.63, 3.8) is 0 Å². The van der Waals surface area contributed by atoms with Gasteiger partial charge in [0.15, 0.2) is 18.4 Å². The molecule has 0 spiro atoms. The molecule has 0 aliphatic heterocycles. The SMILES string of the molecule is CCN(C(=O)COC(=O)C(C)Oc1ccccc1)c1c(N)n(Cc2ccccc2)c(=O)[nH]c1=O. The number of nitrogens with one attached hydrogen (secondary N) is 1. The predicted molar refractivity (Wildman–Crippen MR) is 127 cm³/mol. The number of carbonyl (C=O) groups is 2. The fourth-order valence-corrected chi connectivity index (χ4v) is 3.30. The molecule has 3 rings (SSSR count). The Hall–Kier alpha value is -4.34. The van der Waals surface area contributed by atoms with Crippen LogP contribution in [-0.4, -0.2) is 40.7 Å². The number of aromatic amines is 1. The van der Waals surface area contributed by atoms with Crippen LogP contribution >= 0.6 is 0 Å². The standard InChI is InChI=1S/C24H26N4O6/c1-3-27(19(29)15-33-23(31)16(2)34-18-12-8-5-9-13-18)20-21(25)28(24(32)26-22(20)30)14-17-10-6-4-7-11-17/h4-13,16H,3,14-15,25H2,1-2H3,(H,26,30,32). The fraction of sp³-hybridized carbons (Fsp3) is 0.250. The van der Waals surface area contributed by atoms with Gasteiger partial charge >= 0.3 is 11.7 Å². The van der Waals surface area contributed by atoms with Crippen LogP contribution in [0.3, 0.4) is 0 Å². The largest absolute Gasteiger partial charge is 0.479 e. The highest BCUT2D eigenvalue weighted by molar-refractivity contribution is 5.97. The molecule has 2 aromatic carbocycles. The number of benzene rings is 2. The Morgan fingerprint density at radius 3 is 2.29 bits per heavy atom. The summed E-state index contributed by atoms with van der Waals surface area (Å²) in [4.78, 5) is 53.3. The average Bonchev–Trinajstić information content (AvgIpc) is 2.83. The molecule has 3 aromatic rings. The molecule has 1 aromatic heterocycles. The van der Waals surface area contributed by atoms with Crippen LogP contribution in [0.5, 0.6) is 5.75 Å². The van der Waals surface area contributed by atoms with Gasteiger partial charge in [0, 0.05) is 6.54 Å². The summed E-state index contributed by atoms with van der Waals surface area (Å²) in [5.74, 6) is -1.11. The van der Waals surface area contributed by atoms with Crippen LogP contribution < -0.4 is 26.6 Å². The van der Waals surface area contributed by atoms with E-state index in [2.05, 4.69) is 4.98 Å². The highest BCUT2D eigenvalue weighted by Crippen LogP contribution is 2.18. The van der Waals surface area contributed by atoms with Crippen molar-refractivity contribution in [1.82, 2.24) is 9.55 Å². The van der Waals surface area contributed by atoms with Gasteiger partial charge in [0.05, 0.1) is 6.54 Å². The van der Waals surface area contributed by atoms with Gasteiger partial charge in [-0.1, -0.05) is 48.5 Å². The smallest absolute Gasteiger partial charge is 0.347 e. The molecule has 0 bridgehead atoms. The summed E-state index contributed by atoms with van der Waals surface area (Å²) < 4.78 is 11.8. The second-order valence-electron chi connectivity index (χ2n) is 7.38. The van der Waals surface area contributed by atoms with Gasteiger partial charge in [-0.25, -0.2) is 9.59 Å². The molecular weight excluding hydrogens is 440 g/mol. The number of para-hydroxylation sites is 1. The van der Waals surface area contributed by atoms with E-state index in [-0.39, 0.29) is 24.6 Å². The number of likely N-dealkylation sites (N-methyl/N-ethyl adjacent to an activating group) is 1. The normalized spacial score (nSPS) is 11.5. The first kappa shape index (κ1) is 24.3. The van der Waals surface area contributed by atoms with Crippen molar-refractivity contribution in [3.8, 4) is 5.75 Å². The van der Waals surface area contributed by atoms with E-state index in [1.54, 1.807) is 43.3 Å². The van der Waals surface area contributed by atoms with E-state index in [9.17, 15) is 19.2 Å². The molecule has 3 N–H and O–H groups in total. The van der Waals surface area contributed by atoms with Crippen LogP contribution in [0.2, 0.25) is 0 Å². The lowest BCUT2D eigenvalue weighted by atomic mass is 10.2. The first-order valence-corrected chi connectivity index (χ1v) is 10.7. The Bertz CT molecular complexity index is 1250. The molecule has 1 atom stereocenters. The molecule has 0 aliphatic rings. The summed E-state index contributed by atoms with van der Waals surface area (Å²) >= 11 is 0. The lowest BCUT2D eigenvalue weighted by molar-refractivity contribution is -0.154. The van der Waals surface area contributed by atoms with Crippen molar-refractivity contribution in [1.29, 1.82) is 0 Å². The number of hydrogen-bond donors (Lipinski definition) is 2. The molecule has 34 heavy (non-hydrogen) atoms. The highest BCUT2D eigenvalue weighted by atomic mass is 16.6. The summed E-state index contributed by atoms with van der Waals surface area (Å²) in [6.07, 6.45) is -0.952. The van der Waals surface area contributed by atoms with Gasteiger partial charge in [-0.05, 0) is 31.5 Å². The maximum Gasteiger partial charge on any atom is 0.347 e. The second kappa shape index (κ2) is 11.0. The Kier molecular flexibility index (Phi) is 7.86. The maximum absolute atomic E-state index is 12.8. The van der Waals surface area contributed by atoms with E-state index in [1.807, 2.05) is 24.3 Å². The Labute approximate surface area is 195 Å². The number of nitrogens with two attached hydrogens (primary N) is 1. The van der Waals surface area contributed by atoms with E-state index in [4.69, 9.17) is 15.2 Å². The number of esters is 1. The highest BCUT2D eigenvalue weighted by Gasteiger charge is 2.25. The van der Waals surface area contributed by atoms with Crippen LogP contribution in [0.25, 0.3) is 0 Å². The predicted octanol–water partition coefficient (Wildman–Crippen LogP) is 1.53. The third-order valence-corrected chi connectivity index (χ3v) is 5.01. The van der Waals surface area contributed by atoms with Gasteiger partial charge in [-0.15, -0.1) is 0 Å². The van der Waals surface area contributed by atoms with Gasteiger partial charge < -0.3 is 20.1 Å². The van der Waals surface area contributed by atoms with Crippen molar-refractivity contribution in [2.24, 2.45) is 0 Å². The van der Waals surface area contributed by atoms with E-state index >= 15 is 0 Å². The first-order valence-electron chi connectivity index (χ1n) is 10.7. The van der Waals surface area contributed by atoms with Gasteiger partial charge in [0.25, 0.3) is 11.5 Å². The number of amides is 1. The molecule has 10 nitrogen and oxygen atoms in total. The number of aromatic nitrogens is 2. The maximum atomic E-state index is 12.8. The number of carbonyl (C=O) groups excluding carboxylic acids is 2. The number of H-pyrrole nitrogens is 1. The first-order chi connectivity index (χ1) is 16.3. The monoisotopic (exact) mass is 466 g/mol. The molecule has 1 amide bonds. The summed E-state index contributed by atoms with van der Waals surface area (Å²) in [7, 11) is 0. The van der Waals surface area contributed by atoms with Crippen molar-refractivity contribution >= 4 is 23.4 Å². The van der Waals surface area contributed by atoms with Crippen LogP contribution in [0.15, 0.2) is 70.3 Å². The lowest BCUT2D eigenvalue weighted by Crippen LogP contribution is -2.43. The number of hydrogen-bond acceptors (Lipinski definition) is 7. The topological polar surface area (TPSA) is 137 Å². The van der Waals surface area contributed by atoms with Gasteiger partial charge in [0.2, 0.25) is 0 Å². The van der Waals surface area contributed by atoms with Gasteiger partial charge in [-0.3, -0.25) is 19.1 Å². The molecule has 0 aliphatic carbocycles. The van der Waals surface area contributed by atoms with Gasteiger partial charge in [-0.2, -0.15) is 0 Å². The minimum atomic E-state index is -0.952. The van der Waals surface area contributed by atoms with Crippen molar-refractivity contribution < 1.29 is 19.1 Å². The minimum Gasteiger partial charge on any atom is -0.479 e. The summed E-state index contributed by atoms with van der Waals surface area (Å²) in [6, 6.07) is 17.8. The minimum absolute atomic E-state index is 0.0588. The molecule has 1 unspecified atom stereocenters. The van der Waals surface area contributed by atoms with E-state index in [0.29, 0.717) is 5.75 Å². The summed E-state index contributed by atoms with van der Waals surface area (Å²) in [5, 5.41) is 0. The van der Waals surface area contributed by atoms with E-state index in [0.717, 1.165) is 10.5 Å². The van der Waals surface area contributed by atoms with Crippen molar-refractivity contribution in [2.45, 2.75) is 26.5 Å². The lowest BCUT2D eigenvalue weighted by Gasteiger charge is -2.23. The van der Waals surface area contributed by atoms with Crippen molar-refractivity contribution in [2.75, 3.05) is 23.8 Å². The van der Waals surface area contributed by atoms with Crippen LogP contribution in [0.4, 0.5) is 11.5 Å². The molecule has 0 saturated carbocycles. The second-order valence-corrected chi connectivity index (χ2v) is 7.38. The molecule has 0 fully saturated rings. The molecular formula is C24H26N4O6. The molecule has 10 heteroatoms. The molecule has 0 radical (unpaired) electrons. The zero-order chi connectivity index (χ0) is 24.7. The van der Waals surface area contributed by atoms with E-state index in [1.165, 1.54) is 11.5 Å². The zero-order valence-corrected chi connectivity index (χ0v) is 18.9. The van der Waals surface area contributed by atoms with Crippen LogP contribution in [-0.2, 0) is 20.9 Å². The third-order valence-electron chi connectivity index (χ3n) is 5.01. The summed E-state index contributed by atoms with van der Waals surface area (Å²) in [6.45, 7) is 2.66. The Balaban J connectivity index is 1.75. The Morgan fingerprint density at radius 2 is 1.68 bits per heavy atom.